The SMILES string of the molecule is CC(C#N)N1CCN(C(=O)c2cc(O)ccc2Cl)CC1. The van der Waals surface area contributed by atoms with E-state index in [1.165, 1.54) is 18.2 Å². The van der Waals surface area contributed by atoms with Crippen LogP contribution in [-0.4, -0.2) is 53.0 Å². The molecule has 1 saturated heterocycles. The molecule has 1 aliphatic rings. The van der Waals surface area contributed by atoms with Crippen LogP contribution in [0.3, 0.4) is 0 Å². The van der Waals surface area contributed by atoms with Crippen molar-refractivity contribution in [1.82, 2.24) is 9.80 Å². The van der Waals surface area contributed by atoms with Gasteiger partial charge in [0, 0.05) is 26.2 Å². The molecule has 6 heteroatoms. The molecule has 20 heavy (non-hydrogen) atoms. The molecular formula is C14H16ClN3O2. The molecule has 2 rings (SSSR count). The number of halogens is 1. The van der Waals surface area contributed by atoms with Crippen LogP contribution < -0.4 is 0 Å². The summed E-state index contributed by atoms with van der Waals surface area (Å²) < 4.78 is 0. The summed E-state index contributed by atoms with van der Waals surface area (Å²) in [7, 11) is 0. The van der Waals surface area contributed by atoms with Crippen LogP contribution in [0.25, 0.3) is 0 Å². The van der Waals surface area contributed by atoms with E-state index in [9.17, 15) is 9.90 Å². The largest absolute Gasteiger partial charge is 0.508 e. The molecule has 1 N–H and O–H groups in total. The first-order chi connectivity index (χ1) is 9.52. The highest BCUT2D eigenvalue weighted by Crippen LogP contribution is 2.23. The molecule has 1 aromatic carbocycles. The van der Waals surface area contributed by atoms with Crippen LogP contribution in [0, 0.1) is 11.3 Å². The van der Waals surface area contributed by atoms with Crippen molar-refractivity contribution in [3.05, 3.63) is 28.8 Å². The number of aromatic hydroxyl groups is 1. The summed E-state index contributed by atoms with van der Waals surface area (Å²) in [6.07, 6.45) is 0. The maximum atomic E-state index is 12.4. The summed E-state index contributed by atoms with van der Waals surface area (Å²) in [6, 6.07) is 6.40. The highest BCUT2D eigenvalue weighted by molar-refractivity contribution is 6.33. The topological polar surface area (TPSA) is 67.6 Å². The predicted molar refractivity (Wildman–Crippen MR) is 75.7 cm³/mol. The predicted octanol–water partition coefficient (Wildman–Crippen LogP) is 1.72. The van der Waals surface area contributed by atoms with E-state index in [-0.39, 0.29) is 17.7 Å². The van der Waals surface area contributed by atoms with Gasteiger partial charge < -0.3 is 10.0 Å². The molecular weight excluding hydrogens is 278 g/mol. The molecule has 0 aromatic heterocycles. The van der Waals surface area contributed by atoms with E-state index in [4.69, 9.17) is 16.9 Å². The van der Waals surface area contributed by atoms with E-state index in [2.05, 4.69) is 6.07 Å². The average molecular weight is 294 g/mol. The summed E-state index contributed by atoms with van der Waals surface area (Å²) in [5.74, 6) is -0.162. The number of carbonyl (C=O) groups excluding carboxylic acids is 1. The van der Waals surface area contributed by atoms with Crippen LogP contribution >= 0.6 is 11.6 Å². The summed E-state index contributed by atoms with van der Waals surface area (Å²) >= 11 is 6.00. The molecule has 1 amide bonds. The molecule has 0 radical (unpaired) electrons. The molecule has 1 aliphatic heterocycles. The second kappa shape index (κ2) is 6.12. The Labute approximate surface area is 123 Å². The number of carbonyl (C=O) groups is 1. The Balaban J connectivity index is 2.05. The van der Waals surface area contributed by atoms with E-state index >= 15 is 0 Å². The normalized spacial score (nSPS) is 17.6. The number of phenolic OH excluding ortho intramolecular Hbond substituents is 1. The van der Waals surface area contributed by atoms with Gasteiger partial charge in [0.05, 0.1) is 22.7 Å². The zero-order chi connectivity index (χ0) is 14.7. The third-order valence-electron chi connectivity index (χ3n) is 3.52. The Bertz CT molecular complexity index is 548. The lowest BCUT2D eigenvalue weighted by Crippen LogP contribution is -2.51. The number of hydrogen-bond donors (Lipinski definition) is 1. The Morgan fingerprint density at radius 2 is 2.05 bits per heavy atom. The van der Waals surface area contributed by atoms with Crippen molar-refractivity contribution >= 4 is 17.5 Å². The number of nitrogens with zero attached hydrogens (tertiary/aromatic N) is 3. The van der Waals surface area contributed by atoms with E-state index in [1.807, 2.05) is 11.8 Å². The van der Waals surface area contributed by atoms with Gasteiger partial charge in [0.25, 0.3) is 5.91 Å². The Morgan fingerprint density at radius 3 is 2.65 bits per heavy atom. The van der Waals surface area contributed by atoms with Gasteiger partial charge in [-0.05, 0) is 25.1 Å². The zero-order valence-electron chi connectivity index (χ0n) is 11.2. The molecule has 1 unspecified atom stereocenters. The number of rotatable bonds is 2. The molecule has 0 spiro atoms. The fourth-order valence-corrected chi connectivity index (χ4v) is 2.44. The lowest BCUT2D eigenvalue weighted by Gasteiger charge is -2.36. The minimum atomic E-state index is -0.185. The lowest BCUT2D eigenvalue weighted by atomic mass is 10.1. The Morgan fingerprint density at radius 1 is 1.40 bits per heavy atom. The van der Waals surface area contributed by atoms with Crippen molar-refractivity contribution in [2.45, 2.75) is 13.0 Å². The number of nitriles is 1. The molecule has 0 aliphatic carbocycles. The summed E-state index contributed by atoms with van der Waals surface area (Å²) in [6.45, 7) is 4.28. The van der Waals surface area contributed by atoms with Crippen LogP contribution in [0.5, 0.6) is 5.75 Å². The second-order valence-electron chi connectivity index (χ2n) is 4.80. The smallest absolute Gasteiger partial charge is 0.255 e. The first kappa shape index (κ1) is 14.6. The first-order valence-electron chi connectivity index (χ1n) is 6.44. The standard InChI is InChI=1S/C14H16ClN3O2/c1-10(9-16)17-4-6-18(7-5-17)14(20)12-8-11(19)2-3-13(12)15/h2-3,8,10,19H,4-7H2,1H3. The molecule has 5 nitrogen and oxygen atoms in total. The monoisotopic (exact) mass is 293 g/mol. The van der Waals surface area contributed by atoms with Gasteiger partial charge in [-0.2, -0.15) is 5.26 Å². The van der Waals surface area contributed by atoms with Crippen molar-refractivity contribution < 1.29 is 9.90 Å². The maximum absolute atomic E-state index is 12.4. The van der Waals surface area contributed by atoms with Gasteiger partial charge in [0.15, 0.2) is 0 Å². The fraction of sp³-hybridized carbons (Fsp3) is 0.429. The minimum Gasteiger partial charge on any atom is -0.508 e. The van der Waals surface area contributed by atoms with Crippen LogP contribution in [0.2, 0.25) is 5.02 Å². The van der Waals surface area contributed by atoms with Crippen molar-refractivity contribution in [2.75, 3.05) is 26.2 Å². The van der Waals surface area contributed by atoms with E-state index in [1.54, 1.807) is 4.90 Å². The first-order valence-corrected chi connectivity index (χ1v) is 6.82. The van der Waals surface area contributed by atoms with Gasteiger partial charge in [-0.3, -0.25) is 9.69 Å². The number of piperazine rings is 1. The summed E-state index contributed by atoms with van der Waals surface area (Å²) in [4.78, 5) is 16.1. The van der Waals surface area contributed by atoms with Crippen molar-refractivity contribution in [1.29, 1.82) is 5.26 Å². The maximum Gasteiger partial charge on any atom is 0.255 e. The molecule has 1 atom stereocenters. The average Bonchev–Trinajstić information content (AvgIpc) is 2.48. The van der Waals surface area contributed by atoms with Gasteiger partial charge in [-0.25, -0.2) is 0 Å². The van der Waals surface area contributed by atoms with Crippen molar-refractivity contribution in [3.8, 4) is 11.8 Å². The van der Waals surface area contributed by atoms with Gasteiger partial charge in [-0.1, -0.05) is 11.6 Å². The third-order valence-corrected chi connectivity index (χ3v) is 3.85. The zero-order valence-corrected chi connectivity index (χ0v) is 12.0. The highest BCUT2D eigenvalue weighted by Gasteiger charge is 2.25. The van der Waals surface area contributed by atoms with Crippen LogP contribution in [0.4, 0.5) is 0 Å². The van der Waals surface area contributed by atoms with Crippen LogP contribution in [0.15, 0.2) is 18.2 Å². The molecule has 0 saturated carbocycles. The second-order valence-corrected chi connectivity index (χ2v) is 5.20. The Hall–Kier alpha value is -1.77. The molecule has 1 fully saturated rings. The number of benzene rings is 1. The summed E-state index contributed by atoms with van der Waals surface area (Å²) in [5, 5.41) is 18.7. The van der Waals surface area contributed by atoms with Crippen molar-refractivity contribution in [3.63, 3.8) is 0 Å². The number of hydrogen-bond acceptors (Lipinski definition) is 4. The van der Waals surface area contributed by atoms with E-state index < -0.39 is 0 Å². The van der Waals surface area contributed by atoms with Gasteiger partial charge in [0.1, 0.15) is 5.75 Å². The molecule has 1 aromatic rings. The van der Waals surface area contributed by atoms with Gasteiger partial charge in [-0.15, -0.1) is 0 Å². The van der Waals surface area contributed by atoms with Crippen LogP contribution in [0.1, 0.15) is 17.3 Å². The number of amides is 1. The van der Waals surface area contributed by atoms with Gasteiger partial charge >= 0.3 is 0 Å². The third kappa shape index (κ3) is 3.03. The fourth-order valence-electron chi connectivity index (χ4n) is 2.24. The molecule has 0 bridgehead atoms. The lowest BCUT2D eigenvalue weighted by molar-refractivity contribution is 0.0615. The minimum absolute atomic E-state index is 0.0227. The van der Waals surface area contributed by atoms with E-state index in [0.717, 1.165) is 0 Å². The summed E-state index contributed by atoms with van der Waals surface area (Å²) in [5.41, 5.74) is 0.313. The number of phenols is 1. The van der Waals surface area contributed by atoms with Crippen molar-refractivity contribution in [2.24, 2.45) is 0 Å². The Kier molecular flexibility index (Phi) is 4.48. The molecule has 106 valence electrons. The van der Waals surface area contributed by atoms with Gasteiger partial charge in [0.2, 0.25) is 0 Å². The quantitative estimate of drug-likeness (QED) is 0.901. The van der Waals surface area contributed by atoms with Crippen LogP contribution in [-0.2, 0) is 0 Å². The molecule has 1 heterocycles. The van der Waals surface area contributed by atoms with E-state index in [0.29, 0.717) is 36.8 Å². The highest BCUT2D eigenvalue weighted by atomic mass is 35.5.